The van der Waals surface area contributed by atoms with E-state index in [1.807, 2.05) is 13.0 Å². The number of nitrogens with one attached hydrogen (secondary N) is 1. The maximum atomic E-state index is 9.94. The third kappa shape index (κ3) is 3.12. The lowest BCUT2D eigenvalue weighted by Crippen LogP contribution is -2.17. The zero-order chi connectivity index (χ0) is 14.0. The predicted octanol–water partition coefficient (Wildman–Crippen LogP) is 4.06. The monoisotopic (exact) mass is 327 g/mol. The highest BCUT2D eigenvalue weighted by atomic mass is 79.9. The number of halogens is 1. The van der Waals surface area contributed by atoms with E-state index in [1.165, 1.54) is 38.4 Å². The molecule has 1 aromatic rings. The number of hydrogen-bond acceptors (Lipinski definition) is 3. The van der Waals surface area contributed by atoms with E-state index in [-0.39, 0.29) is 0 Å². The average molecular weight is 328 g/mol. The Kier molecular flexibility index (Phi) is 4.87. The summed E-state index contributed by atoms with van der Waals surface area (Å²) in [6.45, 7) is 4.13. The molecule has 2 rings (SSSR count). The van der Waals surface area contributed by atoms with Crippen molar-refractivity contribution < 1.29 is 9.84 Å². The molecule has 1 aliphatic rings. The summed E-state index contributed by atoms with van der Waals surface area (Å²) in [5.74, 6) is 0. The van der Waals surface area contributed by atoms with Gasteiger partial charge in [0, 0.05) is 28.9 Å². The van der Waals surface area contributed by atoms with Crippen LogP contribution in [0.4, 0.5) is 5.69 Å². The number of benzene rings is 1. The van der Waals surface area contributed by atoms with Crippen LogP contribution in [0.2, 0.25) is 0 Å². The fraction of sp³-hybridized carbons (Fsp3) is 0.600. The van der Waals surface area contributed by atoms with E-state index >= 15 is 0 Å². The third-order valence-corrected chi connectivity index (χ3v) is 4.84. The van der Waals surface area contributed by atoms with Crippen molar-refractivity contribution in [2.75, 3.05) is 12.4 Å². The van der Waals surface area contributed by atoms with Crippen LogP contribution in [0.5, 0.6) is 0 Å². The molecule has 0 aromatic heterocycles. The van der Waals surface area contributed by atoms with Crippen LogP contribution in [0.15, 0.2) is 10.5 Å². The summed E-state index contributed by atoms with van der Waals surface area (Å²) in [7, 11) is 1.52. The van der Waals surface area contributed by atoms with Crippen molar-refractivity contribution in [1.29, 1.82) is 0 Å². The van der Waals surface area contributed by atoms with Gasteiger partial charge < -0.3 is 15.2 Å². The predicted molar refractivity (Wildman–Crippen MR) is 81.5 cm³/mol. The fourth-order valence-corrected chi connectivity index (χ4v) is 3.22. The Hall–Kier alpha value is -0.580. The van der Waals surface area contributed by atoms with Crippen molar-refractivity contribution in [3.63, 3.8) is 0 Å². The number of hydrogen-bond donors (Lipinski definition) is 2. The summed E-state index contributed by atoms with van der Waals surface area (Å²) in [5, 5.41) is 13.6. The minimum absolute atomic E-state index is 0.555. The molecule has 3 nitrogen and oxygen atoms in total. The van der Waals surface area contributed by atoms with Crippen LogP contribution >= 0.6 is 15.9 Å². The first-order chi connectivity index (χ1) is 9.04. The molecule has 1 atom stereocenters. The summed E-state index contributed by atoms with van der Waals surface area (Å²) < 4.78 is 6.05. The third-order valence-electron chi connectivity index (χ3n) is 4.02. The first-order valence-corrected chi connectivity index (χ1v) is 7.61. The van der Waals surface area contributed by atoms with E-state index in [1.54, 1.807) is 0 Å². The standard InChI is InChI=1S/C15H22BrNO2/c1-9-12(15(18)19-3)8-13(16)10(2)14(9)17-11-6-4-5-7-11/h8,11,15,17-18H,4-7H2,1-3H3. The number of methoxy groups -OCH3 is 1. The molecule has 2 N–H and O–H groups in total. The van der Waals surface area contributed by atoms with Gasteiger partial charge in [0.05, 0.1) is 0 Å². The van der Waals surface area contributed by atoms with Gasteiger partial charge in [-0.3, -0.25) is 0 Å². The van der Waals surface area contributed by atoms with Gasteiger partial charge in [-0.2, -0.15) is 0 Å². The lowest BCUT2D eigenvalue weighted by Gasteiger charge is -2.23. The molecule has 1 aliphatic carbocycles. The topological polar surface area (TPSA) is 41.5 Å². The van der Waals surface area contributed by atoms with Crippen LogP contribution in [-0.2, 0) is 4.74 Å². The molecule has 1 unspecified atom stereocenters. The second-order valence-corrected chi connectivity index (χ2v) is 6.14. The Morgan fingerprint density at radius 1 is 1.32 bits per heavy atom. The maximum absolute atomic E-state index is 9.94. The Bertz CT molecular complexity index is 456. The van der Waals surface area contributed by atoms with Crippen LogP contribution in [0, 0.1) is 13.8 Å². The molecule has 0 spiro atoms. The van der Waals surface area contributed by atoms with Crippen molar-refractivity contribution in [2.24, 2.45) is 0 Å². The van der Waals surface area contributed by atoms with E-state index in [9.17, 15) is 5.11 Å². The quantitative estimate of drug-likeness (QED) is 0.819. The van der Waals surface area contributed by atoms with E-state index < -0.39 is 6.29 Å². The zero-order valence-corrected chi connectivity index (χ0v) is 13.4. The number of aliphatic hydroxyl groups excluding tert-OH is 1. The van der Waals surface area contributed by atoms with Crippen LogP contribution in [-0.4, -0.2) is 18.3 Å². The highest BCUT2D eigenvalue weighted by Gasteiger charge is 2.20. The van der Waals surface area contributed by atoms with E-state index in [0.717, 1.165) is 21.3 Å². The SMILES string of the molecule is COC(O)c1cc(Br)c(C)c(NC2CCCC2)c1C. The molecule has 1 aromatic carbocycles. The first kappa shape index (κ1) is 14.8. The zero-order valence-electron chi connectivity index (χ0n) is 11.8. The number of rotatable bonds is 4. The second kappa shape index (κ2) is 6.25. The van der Waals surface area contributed by atoms with Crippen LogP contribution in [0.3, 0.4) is 0 Å². The van der Waals surface area contributed by atoms with Gasteiger partial charge in [-0.25, -0.2) is 0 Å². The molecule has 0 amide bonds. The Labute approximate surface area is 123 Å². The van der Waals surface area contributed by atoms with E-state index in [0.29, 0.717) is 6.04 Å². The highest BCUT2D eigenvalue weighted by molar-refractivity contribution is 9.10. The van der Waals surface area contributed by atoms with Crippen molar-refractivity contribution in [2.45, 2.75) is 51.9 Å². The van der Waals surface area contributed by atoms with Crippen molar-refractivity contribution >= 4 is 21.6 Å². The molecule has 0 aliphatic heterocycles. The molecule has 106 valence electrons. The minimum Gasteiger partial charge on any atom is -0.382 e. The minimum atomic E-state index is -0.874. The normalized spacial score (nSPS) is 17.7. The molecular formula is C15H22BrNO2. The molecule has 4 heteroatoms. The van der Waals surface area contributed by atoms with E-state index in [2.05, 4.69) is 28.2 Å². The summed E-state index contributed by atoms with van der Waals surface area (Å²) in [4.78, 5) is 0. The molecule has 1 fully saturated rings. The van der Waals surface area contributed by atoms with E-state index in [4.69, 9.17) is 4.74 Å². The molecule has 1 saturated carbocycles. The van der Waals surface area contributed by atoms with Gasteiger partial charge >= 0.3 is 0 Å². The number of aliphatic hydroxyl groups is 1. The average Bonchev–Trinajstić information content (AvgIpc) is 2.91. The molecule has 19 heavy (non-hydrogen) atoms. The molecular weight excluding hydrogens is 306 g/mol. The Balaban J connectivity index is 2.36. The van der Waals surface area contributed by atoms with Crippen molar-refractivity contribution in [3.8, 4) is 0 Å². The van der Waals surface area contributed by atoms with Crippen LogP contribution in [0.25, 0.3) is 0 Å². The highest BCUT2D eigenvalue weighted by Crippen LogP contribution is 2.35. The molecule has 0 bridgehead atoms. The van der Waals surface area contributed by atoms with Gasteiger partial charge in [0.15, 0.2) is 6.29 Å². The van der Waals surface area contributed by atoms with Gasteiger partial charge in [0.1, 0.15) is 0 Å². The summed E-state index contributed by atoms with van der Waals surface area (Å²) in [6, 6.07) is 2.50. The Morgan fingerprint density at radius 3 is 2.53 bits per heavy atom. The maximum Gasteiger partial charge on any atom is 0.181 e. The fourth-order valence-electron chi connectivity index (χ4n) is 2.77. The Morgan fingerprint density at radius 2 is 1.95 bits per heavy atom. The van der Waals surface area contributed by atoms with Crippen LogP contribution in [0.1, 0.15) is 48.7 Å². The molecule has 0 radical (unpaired) electrons. The van der Waals surface area contributed by atoms with Gasteiger partial charge in [-0.05, 0) is 43.9 Å². The molecule has 0 saturated heterocycles. The first-order valence-electron chi connectivity index (χ1n) is 6.81. The van der Waals surface area contributed by atoms with Gasteiger partial charge in [-0.1, -0.05) is 28.8 Å². The van der Waals surface area contributed by atoms with Gasteiger partial charge in [0.2, 0.25) is 0 Å². The van der Waals surface area contributed by atoms with Crippen molar-refractivity contribution in [3.05, 3.63) is 27.2 Å². The summed E-state index contributed by atoms with van der Waals surface area (Å²) in [6.07, 6.45) is 4.19. The summed E-state index contributed by atoms with van der Waals surface area (Å²) >= 11 is 3.57. The smallest absolute Gasteiger partial charge is 0.181 e. The lowest BCUT2D eigenvalue weighted by molar-refractivity contribution is -0.0773. The van der Waals surface area contributed by atoms with Crippen molar-refractivity contribution in [1.82, 2.24) is 0 Å². The lowest BCUT2D eigenvalue weighted by atomic mass is 10.0. The number of anilines is 1. The summed E-state index contributed by atoms with van der Waals surface area (Å²) in [5.41, 5.74) is 4.21. The number of ether oxygens (including phenoxy) is 1. The largest absolute Gasteiger partial charge is 0.382 e. The second-order valence-electron chi connectivity index (χ2n) is 5.29. The van der Waals surface area contributed by atoms with Gasteiger partial charge in [0.25, 0.3) is 0 Å². The van der Waals surface area contributed by atoms with Gasteiger partial charge in [-0.15, -0.1) is 0 Å². The molecule has 0 heterocycles. The van der Waals surface area contributed by atoms with Crippen LogP contribution < -0.4 is 5.32 Å².